The number of sulfonamides is 1. The van der Waals surface area contributed by atoms with Gasteiger partial charge in [0.25, 0.3) is 0 Å². The molecule has 2 aliphatic rings. The van der Waals surface area contributed by atoms with Crippen LogP contribution < -0.4 is 5.32 Å². The molecular weight excluding hydrogens is 360 g/mol. The van der Waals surface area contributed by atoms with E-state index >= 15 is 0 Å². The molecule has 1 aromatic rings. The molecule has 3 rings (SSSR count). The van der Waals surface area contributed by atoms with Crippen molar-refractivity contribution in [2.24, 2.45) is 16.8 Å². The summed E-state index contributed by atoms with van der Waals surface area (Å²) in [6.07, 6.45) is 5.43. The van der Waals surface area contributed by atoms with Crippen molar-refractivity contribution in [2.75, 3.05) is 33.7 Å². The Labute approximate surface area is 163 Å². The second kappa shape index (κ2) is 8.61. The molecule has 0 aromatic heterocycles. The zero-order valence-corrected chi connectivity index (χ0v) is 17.5. The van der Waals surface area contributed by atoms with E-state index in [1.807, 2.05) is 12.1 Å². The second-order valence-electron chi connectivity index (χ2n) is 7.81. The lowest BCUT2D eigenvalue weighted by molar-refractivity contribution is 0.299. The molecule has 1 saturated heterocycles. The average Bonchev–Trinajstić information content (AvgIpc) is 3.09. The molecule has 1 heterocycles. The number of guanidine groups is 1. The lowest BCUT2D eigenvalue weighted by atomic mass is 9.82. The Balaban J connectivity index is 1.68. The lowest BCUT2D eigenvalue weighted by Crippen LogP contribution is -2.40. The van der Waals surface area contributed by atoms with E-state index in [1.54, 1.807) is 26.2 Å². The van der Waals surface area contributed by atoms with Crippen LogP contribution in [0.25, 0.3) is 0 Å². The molecule has 0 radical (unpaired) electrons. The predicted molar refractivity (Wildman–Crippen MR) is 109 cm³/mol. The maximum atomic E-state index is 12.2. The van der Waals surface area contributed by atoms with E-state index in [1.165, 1.54) is 30.0 Å². The van der Waals surface area contributed by atoms with E-state index in [0.29, 0.717) is 11.4 Å². The normalized spacial score (nSPS) is 23.6. The first-order chi connectivity index (χ1) is 12.9. The minimum absolute atomic E-state index is 0.316. The van der Waals surface area contributed by atoms with E-state index in [9.17, 15) is 8.42 Å². The maximum absolute atomic E-state index is 12.2. The molecule has 27 heavy (non-hydrogen) atoms. The van der Waals surface area contributed by atoms with Crippen molar-refractivity contribution in [3.8, 4) is 0 Å². The summed E-state index contributed by atoms with van der Waals surface area (Å²) < 4.78 is 25.6. The topological polar surface area (TPSA) is 65.0 Å². The van der Waals surface area contributed by atoms with Gasteiger partial charge >= 0.3 is 0 Å². The molecule has 1 saturated carbocycles. The number of benzene rings is 1. The number of hydrogen-bond acceptors (Lipinski definition) is 3. The molecule has 1 aliphatic heterocycles. The van der Waals surface area contributed by atoms with Crippen LogP contribution in [0.15, 0.2) is 34.2 Å². The van der Waals surface area contributed by atoms with E-state index in [4.69, 9.17) is 4.99 Å². The van der Waals surface area contributed by atoms with Crippen LogP contribution in [-0.2, 0) is 16.6 Å². The summed E-state index contributed by atoms with van der Waals surface area (Å²) in [5.41, 5.74) is 1.01. The van der Waals surface area contributed by atoms with Gasteiger partial charge in [0, 0.05) is 33.7 Å². The molecule has 1 aromatic carbocycles. The van der Waals surface area contributed by atoms with Gasteiger partial charge in [0.2, 0.25) is 10.0 Å². The third kappa shape index (κ3) is 4.63. The quantitative estimate of drug-likeness (QED) is 0.618. The molecule has 0 spiro atoms. The third-order valence-corrected chi connectivity index (χ3v) is 7.55. The van der Waals surface area contributed by atoms with Crippen molar-refractivity contribution < 1.29 is 8.42 Å². The highest BCUT2D eigenvalue weighted by Gasteiger charge is 2.35. The van der Waals surface area contributed by atoms with Crippen LogP contribution in [0.3, 0.4) is 0 Å². The van der Waals surface area contributed by atoms with Crippen molar-refractivity contribution in [2.45, 2.75) is 44.0 Å². The standard InChI is InChI=1S/C20H32N4O2S/c1-4-21-20(24-14-17-7-5-6-8-18(17)15-24)22-13-16-9-11-19(12-10-16)27(25,26)23(2)3/h9-12,17-18H,4-8,13-15H2,1-3H3,(H,21,22). The molecule has 6 nitrogen and oxygen atoms in total. The summed E-state index contributed by atoms with van der Waals surface area (Å²) in [5, 5.41) is 3.43. The molecular formula is C20H32N4O2S. The zero-order valence-electron chi connectivity index (χ0n) is 16.7. The average molecular weight is 393 g/mol. The number of fused-ring (bicyclic) bond motifs is 1. The van der Waals surface area contributed by atoms with Crippen LogP contribution in [0.1, 0.15) is 38.2 Å². The van der Waals surface area contributed by atoms with Gasteiger partial charge in [-0.05, 0) is 49.3 Å². The summed E-state index contributed by atoms with van der Waals surface area (Å²) in [6.45, 7) is 5.72. The van der Waals surface area contributed by atoms with Crippen LogP contribution >= 0.6 is 0 Å². The maximum Gasteiger partial charge on any atom is 0.242 e. The van der Waals surface area contributed by atoms with Gasteiger partial charge in [0.1, 0.15) is 0 Å². The SMILES string of the molecule is CCNC(=NCc1ccc(S(=O)(=O)N(C)C)cc1)N1CC2CCCCC2C1. The summed E-state index contributed by atoms with van der Waals surface area (Å²) in [5.74, 6) is 2.62. The first-order valence-corrected chi connectivity index (χ1v) is 11.4. The smallest absolute Gasteiger partial charge is 0.242 e. The molecule has 2 fully saturated rings. The summed E-state index contributed by atoms with van der Waals surface area (Å²) in [4.78, 5) is 7.55. The van der Waals surface area contributed by atoms with E-state index in [0.717, 1.165) is 43.0 Å². The molecule has 2 unspecified atom stereocenters. The highest BCUT2D eigenvalue weighted by atomic mass is 32.2. The Morgan fingerprint density at radius 1 is 1.15 bits per heavy atom. The number of hydrogen-bond donors (Lipinski definition) is 1. The Morgan fingerprint density at radius 2 is 1.74 bits per heavy atom. The molecule has 0 amide bonds. The molecule has 1 N–H and O–H groups in total. The highest BCUT2D eigenvalue weighted by Crippen LogP contribution is 2.36. The largest absolute Gasteiger partial charge is 0.357 e. The number of rotatable bonds is 5. The Hall–Kier alpha value is -1.60. The number of nitrogens with one attached hydrogen (secondary N) is 1. The highest BCUT2D eigenvalue weighted by molar-refractivity contribution is 7.89. The molecule has 1 aliphatic carbocycles. The third-order valence-electron chi connectivity index (χ3n) is 5.72. The van der Waals surface area contributed by atoms with Crippen LogP contribution in [0, 0.1) is 11.8 Å². The summed E-state index contributed by atoms with van der Waals surface area (Å²) in [7, 11) is -0.291. The second-order valence-corrected chi connectivity index (χ2v) is 9.96. The van der Waals surface area contributed by atoms with E-state index in [-0.39, 0.29) is 0 Å². The van der Waals surface area contributed by atoms with Gasteiger partial charge in [-0.3, -0.25) is 0 Å². The Morgan fingerprint density at radius 3 is 2.26 bits per heavy atom. The van der Waals surface area contributed by atoms with Crippen molar-refractivity contribution in [3.05, 3.63) is 29.8 Å². The fourth-order valence-corrected chi connectivity index (χ4v) is 5.05. The minimum atomic E-state index is -3.38. The van der Waals surface area contributed by atoms with E-state index < -0.39 is 10.0 Å². The van der Waals surface area contributed by atoms with Gasteiger partial charge < -0.3 is 10.2 Å². The first kappa shape index (κ1) is 20.1. The fourth-order valence-electron chi connectivity index (χ4n) is 4.15. The summed E-state index contributed by atoms with van der Waals surface area (Å²) in [6, 6.07) is 7.04. The van der Waals surface area contributed by atoms with E-state index in [2.05, 4.69) is 17.1 Å². The predicted octanol–water partition coefficient (Wildman–Crippen LogP) is 2.52. The molecule has 0 bridgehead atoms. The monoisotopic (exact) mass is 392 g/mol. The van der Waals surface area contributed by atoms with Gasteiger partial charge in [-0.1, -0.05) is 25.0 Å². The van der Waals surface area contributed by atoms with Crippen LogP contribution in [-0.4, -0.2) is 57.3 Å². The van der Waals surface area contributed by atoms with Gasteiger partial charge in [-0.15, -0.1) is 0 Å². The molecule has 150 valence electrons. The number of nitrogens with zero attached hydrogens (tertiary/aromatic N) is 3. The Kier molecular flexibility index (Phi) is 6.42. The number of aliphatic imine (C=N–C) groups is 1. The van der Waals surface area contributed by atoms with Gasteiger partial charge in [0.15, 0.2) is 5.96 Å². The summed E-state index contributed by atoms with van der Waals surface area (Å²) >= 11 is 0. The van der Waals surface area contributed by atoms with Crippen LogP contribution in [0.2, 0.25) is 0 Å². The van der Waals surface area contributed by atoms with Gasteiger partial charge in [-0.2, -0.15) is 0 Å². The Bertz CT molecular complexity index is 745. The molecule has 7 heteroatoms. The van der Waals surface area contributed by atoms with Crippen LogP contribution in [0.4, 0.5) is 0 Å². The zero-order chi connectivity index (χ0) is 19.4. The first-order valence-electron chi connectivity index (χ1n) is 9.96. The molecule has 2 atom stereocenters. The number of likely N-dealkylation sites (tertiary alicyclic amines) is 1. The van der Waals surface area contributed by atoms with Crippen LogP contribution in [0.5, 0.6) is 0 Å². The van der Waals surface area contributed by atoms with Crippen molar-refractivity contribution >= 4 is 16.0 Å². The van der Waals surface area contributed by atoms with Gasteiger partial charge in [-0.25, -0.2) is 17.7 Å². The minimum Gasteiger partial charge on any atom is -0.357 e. The lowest BCUT2D eigenvalue weighted by Gasteiger charge is -2.22. The fraction of sp³-hybridized carbons (Fsp3) is 0.650. The van der Waals surface area contributed by atoms with Crippen molar-refractivity contribution in [1.29, 1.82) is 0 Å². The van der Waals surface area contributed by atoms with Gasteiger partial charge in [0.05, 0.1) is 11.4 Å². The van der Waals surface area contributed by atoms with Crippen molar-refractivity contribution in [1.82, 2.24) is 14.5 Å². The van der Waals surface area contributed by atoms with Crippen molar-refractivity contribution in [3.63, 3.8) is 0 Å².